The molecule has 8 rings (SSSR count). The summed E-state index contributed by atoms with van der Waals surface area (Å²) < 4.78 is 14.4. The summed E-state index contributed by atoms with van der Waals surface area (Å²) in [6.45, 7) is 10.6. The molecule has 0 radical (unpaired) electrons. The number of hydrogen-bond acceptors (Lipinski definition) is 10. The van der Waals surface area contributed by atoms with Crippen LogP contribution in [0.15, 0.2) is 29.0 Å². The van der Waals surface area contributed by atoms with E-state index in [1.807, 2.05) is 0 Å². The first-order valence-electron chi connectivity index (χ1n) is 18.2. The summed E-state index contributed by atoms with van der Waals surface area (Å²) >= 11 is 0. The van der Waals surface area contributed by atoms with Crippen LogP contribution < -0.4 is 0 Å². The molecule has 2 saturated carbocycles. The number of likely N-dealkylation sites (tertiary alicyclic amines) is 1. The van der Waals surface area contributed by atoms with Crippen LogP contribution in [0.3, 0.4) is 0 Å². The van der Waals surface area contributed by atoms with Crippen molar-refractivity contribution in [1.29, 1.82) is 0 Å². The smallest absolute Gasteiger partial charge is 0.180 e. The van der Waals surface area contributed by atoms with Crippen molar-refractivity contribution >= 4 is 0 Å². The van der Waals surface area contributed by atoms with Crippen molar-refractivity contribution < 1.29 is 35.0 Å². The molecule has 3 aliphatic heterocycles. The largest absolute Gasteiger partial charge is 0.394 e. The Kier molecular flexibility index (Phi) is 8.08. The molecule has 4 heterocycles. The fourth-order valence-electron chi connectivity index (χ4n) is 11.7. The third-order valence-electron chi connectivity index (χ3n) is 14.1. The Morgan fingerprint density at radius 1 is 1.04 bits per heavy atom. The number of rotatable bonds is 4. The minimum Gasteiger partial charge on any atom is -0.394 e. The molecule has 4 aliphatic carbocycles. The Morgan fingerprint density at radius 3 is 2.64 bits per heavy atom. The van der Waals surface area contributed by atoms with E-state index in [9.17, 15) is 25.5 Å². The average Bonchev–Trinajstić information content (AvgIpc) is 3.74. The molecule has 0 amide bonds. The highest BCUT2D eigenvalue weighted by Crippen LogP contribution is 2.65. The number of aromatic nitrogens is 3. The van der Waals surface area contributed by atoms with Gasteiger partial charge in [-0.05, 0) is 93.0 Å². The first-order valence-corrected chi connectivity index (χ1v) is 18.2. The molecule has 11 heteroatoms. The van der Waals surface area contributed by atoms with Gasteiger partial charge in [-0.2, -0.15) is 0 Å². The molecule has 1 spiro atoms. The van der Waals surface area contributed by atoms with Gasteiger partial charge in [0.05, 0.1) is 36.3 Å². The van der Waals surface area contributed by atoms with E-state index in [1.54, 1.807) is 11.8 Å². The lowest BCUT2D eigenvalue weighted by molar-refractivity contribution is -0.254. The lowest BCUT2D eigenvalue weighted by Crippen LogP contribution is -2.56. The number of nitrogens with zero attached hydrogens (tertiary/aromatic N) is 4. The van der Waals surface area contributed by atoms with E-state index >= 15 is 0 Å². The van der Waals surface area contributed by atoms with Crippen molar-refractivity contribution in [3.8, 4) is 0 Å². The van der Waals surface area contributed by atoms with Crippen LogP contribution in [0.25, 0.3) is 0 Å². The molecule has 11 nitrogen and oxygen atoms in total. The molecule has 260 valence electrons. The number of ether oxygens (including phenoxy) is 2. The predicted octanol–water partition coefficient (Wildman–Crippen LogP) is 2.48. The Labute approximate surface area is 277 Å². The number of hydrogen-bond donors (Lipinski definition) is 5. The van der Waals surface area contributed by atoms with E-state index < -0.39 is 37.3 Å². The van der Waals surface area contributed by atoms with Crippen molar-refractivity contribution in [2.75, 3.05) is 13.2 Å². The summed E-state index contributed by atoms with van der Waals surface area (Å²) in [6, 6.07) is 0.241. The molecule has 1 aromatic rings. The number of aliphatic hydroxyl groups excluding tert-OH is 5. The summed E-state index contributed by atoms with van der Waals surface area (Å²) in [6.07, 6.45) is 6.27. The van der Waals surface area contributed by atoms with Crippen LogP contribution in [0.1, 0.15) is 91.0 Å². The summed E-state index contributed by atoms with van der Waals surface area (Å²) in [7, 11) is 0. The van der Waals surface area contributed by atoms with Gasteiger partial charge in [0, 0.05) is 25.0 Å². The quantitative estimate of drug-likeness (QED) is 0.306. The molecule has 2 unspecified atom stereocenters. The van der Waals surface area contributed by atoms with Crippen molar-refractivity contribution in [1.82, 2.24) is 19.9 Å². The predicted molar refractivity (Wildman–Crippen MR) is 171 cm³/mol. The van der Waals surface area contributed by atoms with Crippen LogP contribution in [0.4, 0.5) is 0 Å². The maximum Gasteiger partial charge on any atom is 0.180 e. The molecule has 5 fully saturated rings. The highest BCUT2D eigenvalue weighted by atomic mass is 16.6. The van der Waals surface area contributed by atoms with Gasteiger partial charge in [0.1, 0.15) is 24.4 Å². The van der Waals surface area contributed by atoms with Gasteiger partial charge in [-0.3, -0.25) is 4.90 Å². The maximum absolute atomic E-state index is 10.6. The van der Waals surface area contributed by atoms with Crippen molar-refractivity contribution in [2.24, 2.45) is 35.0 Å². The summed E-state index contributed by atoms with van der Waals surface area (Å²) in [5.41, 5.74) is 5.35. The third kappa shape index (κ3) is 4.89. The van der Waals surface area contributed by atoms with Gasteiger partial charge in [0.15, 0.2) is 6.23 Å². The molecule has 3 saturated heterocycles. The zero-order valence-electron chi connectivity index (χ0n) is 28.3. The summed E-state index contributed by atoms with van der Waals surface area (Å²) in [4.78, 5) is 2.52. The minimum atomic E-state index is -1.47. The second-order valence-corrected chi connectivity index (χ2v) is 16.6. The zero-order chi connectivity index (χ0) is 33.0. The van der Waals surface area contributed by atoms with E-state index in [2.05, 4.69) is 49.0 Å². The van der Waals surface area contributed by atoms with Crippen molar-refractivity contribution in [3.05, 3.63) is 34.7 Å². The number of piperidine rings is 1. The third-order valence-corrected chi connectivity index (χ3v) is 14.1. The van der Waals surface area contributed by atoms with Gasteiger partial charge < -0.3 is 35.0 Å². The molecule has 15 atom stereocenters. The van der Waals surface area contributed by atoms with E-state index in [0.29, 0.717) is 36.1 Å². The number of fused-ring (bicyclic) bond motifs is 6. The number of allylic oxidation sites excluding steroid dienone is 2. The average molecular weight is 655 g/mol. The summed E-state index contributed by atoms with van der Waals surface area (Å²) in [5, 5.41) is 59.9. The van der Waals surface area contributed by atoms with Gasteiger partial charge in [0.2, 0.25) is 0 Å². The van der Waals surface area contributed by atoms with Crippen molar-refractivity contribution in [2.45, 2.75) is 140 Å². The van der Waals surface area contributed by atoms with Crippen LogP contribution in [0.2, 0.25) is 0 Å². The lowest BCUT2D eigenvalue weighted by Gasteiger charge is -2.49. The molecule has 5 N–H and O–H groups in total. The fraction of sp³-hybridized carbons (Fsp3) is 0.833. The molecule has 47 heavy (non-hydrogen) atoms. The molecule has 0 bridgehead atoms. The van der Waals surface area contributed by atoms with E-state index in [0.717, 1.165) is 50.8 Å². The zero-order valence-corrected chi connectivity index (χ0v) is 28.3. The highest BCUT2D eigenvalue weighted by Gasteiger charge is 2.61. The SMILES string of the molecule is CC1=C2C[C@H]3[C@@H](CC=C4C[C@@H](O)CC[C@@]43C)[C@@H]2CC[C@]12O[C@@H]1C[C@H](C)CN(Cc3cn([C@@H]4OC(CO)[C@H](O)C(O)[C@H]4O)nn3)[C@H]1[C@H]2C. The van der Waals surface area contributed by atoms with Crippen LogP contribution in [-0.2, 0) is 16.0 Å². The molecular formula is C36H54N4O7. The van der Waals surface area contributed by atoms with Gasteiger partial charge in [-0.25, -0.2) is 4.68 Å². The normalized spacial score (nSPS) is 49.8. The Hall–Kier alpha value is -1.70. The van der Waals surface area contributed by atoms with Gasteiger partial charge in [0.25, 0.3) is 0 Å². The monoisotopic (exact) mass is 654 g/mol. The molecule has 1 aromatic heterocycles. The van der Waals surface area contributed by atoms with Crippen LogP contribution in [-0.4, -0.2) is 107 Å². The number of aliphatic hydroxyl groups is 5. The lowest BCUT2D eigenvalue weighted by atomic mass is 9.56. The second kappa shape index (κ2) is 11.7. The van der Waals surface area contributed by atoms with Crippen LogP contribution in [0.5, 0.6) is 0 Å². The topological polar surface area (TPSA) is 154 Å². The second-order valence-electron chi connectivity index (χ2n) is 16.6. The molecule has 0 aromatic carbocycles. The van der Waals surface area contributed by atoms with Crippen LogP contribution in [0, 0.1) is 35.0 Å². The standard InChI is InChI=1S/C36H54N4O7/c1-18-11-28-30(39(14-18)15-22-16-40(38-37-22)34-33(45)32(44)31(43)29(17-41)46-34)20(3)36(47-28)10-8-24-25-6-5-21-12-23(42)7-9-35(21,4)27(25)13-26(24)19(36)2/h5,16,18,20,23-25,27-34,41-45H,6-15,17H2,1-4H3/t18-,20+,23-,24-,25-,27-,28+,29?,30-,31-,32?,33+,34+,35-,36-/m0/s1. The van der Waals surface area contributed by atoms with E-state index in [1.165, 1.54) is 28.7 Å². The van der Waals surface area contributed by atoms with Crippen molar-refractivity contribution in [3.63, 3.8) is 0 Å². The molecular weight excluding hydrogens is 600 g/mol. The van der Waals surface area contributed by atoms with Gasteiger partial charge in [-0.15, -0.1) is 5.10 Å². The summed E-state index contributed by atoms with van der Waals surface area (Å²) in [5.74, 6) is 2.76. The van der Waals surface area contributed by atoms with Gasteiger partial charge >= 0.3 is 0 Å². The first kappa shape index (κ1) is 32.5. The first-order chi connectivity index (χ1) is 22.4. The Bertz CT molecular complexity index is 1430. The maximum atomic E-state index is 10.6. The minimum absolute atomic E-state index is 0.135. The van der Waals surface area contributed by atoms with Crippen LogP contribution >= 0.6 is 0 Å². The molecule has 7 aliphatic rings. The Morgan fingerprint density at radius 2 is 1.85 bits per heavy atom. The van der Waals surface area contributed by atoms with E-state index in [-0.39, 0.29) is 29.3 Å². The van der Waals surface area contributed by atoms with Gasteiger partial charge in [-0.1, -0.05) is 43.2 Å². The fourth-order valence-corrected chi connectivity index (χ4v) is 11.7. The highest BCUT2D eigenvalue weighted by molar-refractivity contribution is 5.38. The Balaban J connectivity index is 1.03. The van der Waals surface area contributed by atoms with E-state index in [4.69, 9.17) is 9.47 Å².